The number of amides is 1. The summed E-state index contributed by atoms with van der Waals surface area (Å²) in [5.41, 5.74) is 6.67. The van der Waals surface area contributed by atoms with Crippen molar-refractivity contribution < 1.29 is 4.79 Å². The van der Waals surface area contributed by atoms with Crippen LogP contribution in [0.3, 0.4) is 0 Å². The Bertz CT molecular complexity index is 689. The zero-order valence-electron chi connectivity index (χ0n) is 11.6. The number of fused-ring (bicyclic) bond motifs is 1. The number of likely N-dealkylation sites (tertiary alicyclic amines) is 1. The van der Waals surface area contributed by atoms with Crippen molar-refractivity contribution in [2.45, 2.75) is 13.0 Å². The maximum atomic E-state index is 12.6. The lowest BCUT2D eigenvalue weighted by Gasteiger charge is -2.18. The Morgan fingerprint density at radius 2 is 2.00 bits per heavy atom. The summed E-state index contributed by atoms with van der Waals surface area (Å²) in [5, 5.41) is 0.692. The molecule has 108 valence electrons. The molecule has 21 heavy (non-hydrogen) atoms. The predicted molar refractivity (Wildman–Crippen MR) is 78.7 cm³/mol. The third kappa shape index (κ3) is 2.04. The number of aromatic nitrogens is 3. The molecule has 1 saturated heterocycles. The molecule has 1 amide bonds. The molecule has 2 aromatic heterocycles. The van der Waals surface area contributed by atoms with E-state index in [0.29, 0.717) is 33.6 Å². The number of carbonyl (C=O) groups excluding carboxylic acids is 1. The molecule has 2 aromatic rings. The van der Waals surface area contributed by atoms with Gasteiger partial charge in [0.2, 0.25) is 0 Å². The van der Waals surface area contributed by atoms with E-state index in [1.807, 2.05) is 11.8 Å². The Morgan fingerprint density at radius 3 is 2.67 bits per heavy atom. The van der Waals surface area contributed by atoms with E-state index in [9.17, 15) is 4.79 Å². The van der Waals surface area contributed by atoms with E-state index in [2.05, 4.69) is 15.0 Å². The molecule has 4 rings (SSSR count). The van der Waals surface area contributed by atoms with Crippen LogP contribution in [0.5, 0.6) is 0 Å². The van der Waals surface area contributed by atoms with Crippen LogP contribution in [0.15, 0.2) is 18.5 Å². The van der Waals surface area contributed by atoms with Crippen LogP contribution in [0.4, 0.5) is 0 Å². The number of nitrogens with zero attached hydrogens (tertiary/aromatic N) is 4. The first-order valence-corrected chi connectivity index (χ1v) is 7.76. The molecule has 2 fully saturated rings. The second-order valence-electron chi connectivity index (χ2n) is 5.62. The van der Waals surface area contributed by atoms with Crippen molar-refractivity contribution in [2.24, 2.45) is 17.6 Å². The van der Waals surface area contributed by atoms with Crippen LogP contribution >= 0.6 is 11.3 Å². The zero-order chi connectivity index (χ0) is 14.6. The van der Waals surface area contributed by atoms with Crippen LogP contribution in [0.1, 0.15) is 15.4 Å². The van der Waals surface area contributed by atoms with Crippen molar-refractivity contribution in [2.75, 3.05) is 13.1 Å². The van der Waals surface area contributed by atoms with E-state index in [-0.39, 0.29) is 5.91 Å². The standard InChI is InChI=1S/C14H15N5OS/c1-7-11(14(20)19-5-8-9(6-19)10(8)15)21-13(18-7)12-16-3-2-4-17-12/h2-4,8-10H,5-6,15H2,1H3/t8-,9+,10+. The van der Waals surface area contributed by atoms with E-state index in [0.717, 1.165) is 18.8 Å². The molecule has 0 spiro atoms. The zero-order valence-corrected chi connectivity index (χ0v) is 12.4. The molecule has 1 aliphatic heterocycles. The summed E-state index contributed by atoms with van der Waals surface area (Å²) in [7, 11) is 0. The van der Waals surface area contributed by atoms with Crippen LogP contribution in [-0.4, -0.2) is 44.9 Å². The minimum Gasteiger partial charge on any atom is -0.337 e. The average molecular weight is 301 g/mol. The van der Waals surface area contributed by atoms with Gasteiger partial charge in [0, 0.05) is 31.5 Å². The molecular weight excluding hydrogens is 286 g/mol. The van der Waals surface area contributed by atoms with Gasteiger partial charge in [-0.2, -0.15) is 0 Å². The highest BCUT2D eigenvalue weighted by molar-refractivity contribution is 7.17. The summed E-state index contributed by atoms with van der Waals surface area (Å²) in [6.45, 7) is 3.41. The Labute approximate surface area is 126 Å². The van der Waals surface area contributed by atoms with Crippen LogP contribution in [0.2, 0.25) is 0 Å². The van der Waals surface area contributed by atoms with Gasteiger partial charge >= 0.3 is 0 Å². The maximum absolute atomic E-state index is 12.6. The molecule has 2 aliphatic rings. The first-order chi connectivity index (χ1) is 10.1. The number of carbonyl (C=O) groups is 1. The summed E-state index contributed by atoms with van der Waals surface area (Å²) < 4.78 is 0. The van der Waals surface area contributed by atoms with Gasteiger partial charge in [-0.15, -0.1) is 11.3 Å². The fourth-order valence-corrected chi connectivity index (χ4v) is 3.96. The van der Waals surface area contributed by atoms with Crippen LogP contribution < -0.4 is 5.73 Å². The van der Waals surface area contributed by atoms with E-state index in [4.69, 9.17) is 5.73 Å². The van der Waals surface area contributed by atoms with Gasteiger partial charge in [0.1, 0.15) is 4.88 Å². The highest BCUT2D eigenvalue weighted by Gasteiger charge is 2.54. The number of hydrogen-bond acceptors (Lipinski definition) is 6. The molecule has 0 aromatic carbocycles. The third-order valence-corrected chi connectivity index (χ3v) is 5.44. The minimum absolute atomic E-state index is 0.0616. The molecule has 0 unspecified atom stereocenters. The number of nitrogens with two attached hydrogens (primary N) is 1. The highest BCUT2D eigenvalue weighted by Crippen LogP contribution is 2.44. The van der Waals surface area contributed by atoms with E-state index in [1.165, 1.54) is 11.3 Å². The summed E-state index contributed by atoms with van der Waals surface area (Å²) in [4.78, 5) is 28.0. The average Bonchev–Trinajstić information content (AvgIpc) is 2.91. The van der Waals surface area contributed by atoms with Crippen molar-refractivity contribution in [1.82, 2.24) is 19.9 Å². The second-order valence-corrected chi connectivity index (χ2v) is 6.62. The van der Waals surface area contributed by atoms with Gasteiger partial charge in [-0.1, -0.05) is 0 Å². The fourth-order valence-electron chi connectivity index (χ4n) is 2.98. The predicted octanol–water partition coefficient (Wildman–Crippen LogP) is 0.938. The normalized spacial score (nSPS) is 26.8. The fraction of sp³-hybridized carbons (Fsp3) is 0.429. The van der Waals surface area contributed by atoms with Crippen LogP contribution in [-0.2, 0) is 0 Å². The van der Waals surface area contributed by atoms with Gasteiger partial charge < -0.3 is 10.6 Å². The van der Waals surface area contributed by atoms with Gasteiger partial charge in [-0.25, -0.2) is 15.0 Å². The molecule has 0 bridgehead atoms. The third-order valence-electron chi connectivity index (χ3n) is 4.30. The first-order valence-electron chi connectivity index (χ1n) is 6.95. The summed E-state index contributed by atoms with van der Waals surface area (Å²) in [6, 6.07) is 2.06. The largest absolute Gasteiger partial charge is 0.337 e. The second kappa shape index (κ2) is 4.57. The minimum atomic E-state index is 0.0616. The Kier molecular flexibility index (Phi) is 2.80. The number of aryl methyl sites for hydroxylation is 1. The molecule has 1 saturated carbocycles. The SMILES string of the molecule is Cc1nc(-c2ncccn2)sc1C(=O)N1C[C@@H]2[C@@H](N)[C@@H]2C1. The molecule has 2 N–H and O–H groups in total. The van der Waals surface area contributed by atoms with Gasteiger partial charge in [0.25, 0.3) is 5.91 Å². The van der Waals surface area contributed by atoms with Crippen molar-refractivity contribution in [3.05, 3.63) is 29.0 Å². The van der Waals surface area contributed by atoms with Crippen LogP contribution in [0, 0.1) is 18.8 Å². The maximum Gasteiger partial charge on any atom is 0.265 e. The molecule has 3 heterocycles. The van der Waals surface area contributed by atoms with Gasteiger partial charge in [0.15, 0.2) is 10.8 Å². The van der Waals surface area contributed by atoms with Crippen molar-refractivity contribution in [3.8, 4) is 10.8 Å². The van der Waals surface area contributed by atoms with E-state index < -0.39 is 0 Å². The van der Waals surface area contributed by atoms with E-state index in [1.54, 1.807) is 18.5 Å². The Balaban J connectivity index is 1.58. The lowest BCUT2D eigenvalue weighted by Crippen LogP contribution is -2.33. The smallest absolute Gasteiger partial charge is 0.265 e. The number of hydrogen-bond donors (Lipinski definition) is 1. The topological polar surface area (TPSA) is 85.0 Å². The monoisotopic (exact) mass is 301 g/mol. The van der Waals surface area contributed by atoms with Crippen LogP contribution in [0.25, 0.3) is 10.8 Å². The molecule has 3 atom stereocenters. The molecule has 7 heteroatoms. The molecular formula is C14H15N5OS. The number of piperidine rings is 1. The van der Waals surface area contributed by atoms with Gasteiger partial charge in [-0.3, -0.25) is 4.79 Å². The Morgan fingerprint density at radius 1 is 1.33 bits per heavy atom. The Hall–Kier alpha value is -1.86. The molecule has 1 aliphatic carbocycles. The first kappa shape index (κ1) is 12.8. The summed E-state index contributed by atoms with van der Waals surface area (Å²) in [5.74, 6) is 1.63. The lowest BCUT2D eigenvalue weighted by molar-refractivity contribution is 0.0777. The summed E-state index contributed by atoms with van der Waals surface area (Å²) in [6.07, 6.45) is 3.35. The molecule has 0 radical (unpaired) electrons. The highest BCUT2D eigenvalue weighted by atomic mass is 32.1. The number of thiazole rings is 1. The van der Waals surface area contributed by atoms with Crippen molar-refractivity contribution in [1.29, 1.82) is 0 Å². The summed E-state index contributed by atoms with van der Waals surface area (Å²) >= 11 is 1.37. The van der Waals surface area contributed by atoms with Crippen molar-refractivity contribution >= 4 is 17.2 Å². The van der Waals surface area contributed by atoms with Gasteiger partial charge in [-0.05, 0) is 24.8 Å². The molecule has 6 nitrogen and oxygen atoms in total. The van der Waals surface area contributed by atoms with Gasteiger partial charge in [0.05, 0.1) is 5.69 Å². The van der Waals surface area contributed by atoms with E-state index >= 15 is 0 Å². The van der Waals surface area contributed by atoms with Crippen molar-refractivity contribution in [3.63, 3.8) is 0 Å². The lowest BCUT2D eigenvalue weighted by atomic mass is 10.3. The quantitative estimate of drug-likeness (QED) is 0.892. The number of rotatable bonds is 2.